The van der Waals surface area contributed by atoms with E-state index in [1.807, 2.05) is 0 Å². The van der Waals surface area contributed by atoms with Crippen molar-refractivity contribution in [2.24, 2.45) is 5.73 Å². The summed E-state index contributed by atoms with van der Waals surface area (Å²) in [7, 11) is 0. The van der Waals surface area contributed by atoms with E-state index in [1.165, 1.54) is 0 Å². The minimum Gasteiger partial charge on any atom is -0.548 e. The van der Waals surface area contributed by atoms with Crippen LogP contribution in [0.2, 0.25) is 0 Å². The summed E-state index contributed by atoms with van der Waals surface area (Å²) in [6.07, 6.45) is 0.267. The lowest BCUT2D eigenvalue weighted by Crippen LogP contribution is -2.41. The van der Waals surface area contributed by atoms with Gasteiger partial charge in [-0.1, -0.05) is 0 Å². The van der Waals surface area contributed by atoms with Gasteiger partial charge in [-0.25, -0.2) is 0 Å². The Bertz CT molecular complexity index is 101. The molecular formula is C4H6NO3-. The molecule has 0 aliphatic heterocycles. The number of carbonyl (C=O) groups excluding carboxylic acids is 2. The van der Waals surface area contributed by atoms with E-state index in [0.29, 0.717) is 6.29 Å². The lowest BCUT2D eigenvalue weighted by atomic mass is 10.2. The molecule has 0 fully saturated rings. The molecule has 4 nitrogen and oxygen atoms in total. The van der Waals surface area contributed by atoms with Crippen molar-refractivity contribution in [3.63, 3.8) is 0 Å². The van der Waals surface area contributed by atoms with E-state index in [-0.39, 0.29) is 6.42 Å². The number of carboxylic acid groups (broad SMARTS) is 1. The fourth-order valence-corrected chi connectivity index (χ4v) is 0.200. The first-order valence-corrected chi connectivity index (χ1v) is 2.08. The SMILES string of the molecule is N[C@@H](CC=O)C(=O)[O-]. The van der Waals surface area contributed by atoms with Crippen molar-refractivity contribution < 1.29 is 14.7 Å². The number of hydrogen-bond donors (Lipinski definition) is 1. The molecule has 2 N–H and O–H groups in total. The van der Waals surface area contributed by atoms with E-state index in [9.17, 15) is 14.7 Å². The molecule has 0 aliphatic rings. The Hall–Kier alpha value is -0.900. The van der Waals surface area contributed by atoms with Crippen LogP contribution in [0.4, 0.5) is 0 Å². The Morgan fingerprint density at radius 3 is 2.50 bits per heavy atom. The Kier molecular flexibility index (Phi) is 2.79. The third-order valence-corrected chi connectivity index (χ3v) is 0.653. The number of carboxylic acids is 1. The molecule has 0 aromatic carbocycles. The van der Waals surface area contributed by atoms with Gasteiger partial charge in [0.25, 0.3) is 0 Å². The van der Waals surface area contributed by atoms with Gasteiger partial charge in [0, 0.05) is 6.42 Å². The fraction of sp³-hybridized carbons (Fsp3) is 0.500. The van der Waals surface area contributed by atoms with E-state index in [0.717, 1.165) is 0 Å². The van der Waals surface area contributed by atoms with Gasteiger partial charge in [-0.3, -0.25) is 0 Å². The first kappa shape index (κ1) is 7.10. The van der Waals surface area contributed by atoms with Crippen LogP contribution in [0.25, 0.3) is 0 Å². The van der Waals surface area contributed by atoms with Crippen molar-refractivity contribution >= 4 is 12.3 Å². The number of carbonyl (C=O) groups is 2. The van der Waals surface area contributed by atoms with Gasteiger partial charge in [-0.15, -0.1) is 0 Å². The van der Waals surface area contributed by atoms with Crippen LogP contribution in [-0.2, 0) is 9.59 Å². The molecular weight excluding hydrogens is 110 g/mol. The average molecular weight is 116 g/mol. The molecule has 0 amide bonds. The monoisotopic (exact) mass is 116 g/mol. The van der Waals surface area contributed by atoms with Crippen LogP contribution in [0.5, 0.6) is 0 Å². The number of hydrogen-bond acceptors (Lipinski definition) is 4. The minimum absolute atomic E-state index is 0.178. The second kappa shape index (κ2) is 3.15. The summed E-state index contributed by atoms with van der Waals surface area (Å²) in [6.45, 7) is 0. The van der Waals surface area contributed by atoms with Crippen molar-refractivity contribution in [1.82, 2.24) is 0 Å². The smallest absolute Gasteiger partial charge is 0.121 e. The summed E-state index contributed by atoms with van der Waals surface area (Å²) >= 11 is 0. The second-order valence-corrected chi connectivity index (χ2v) is 1.33. The Morgan fingerprint density at radius 1 is 1.88 bits per heavy atom. The average Bonchev–Trinajstić information content (AvgIpc) is 1.67. The highest BCUT2D eigenvalue weighted by Crippen LogP contribution is 1.77. The molecule has 0 spiro atoms. The second-order valence-electron chi connectivity index (χ2n) is 1.33. The molecule has 0 saturated carbocycles. The first-order valence-electron chi connectivity index (χ1n) is 2.08. The van der Waals surface area contributed by atoms with Crippen LogP contribution in [0.15, 0.2) is 0 Å². The van der Waals surface area contributed by atoms with Gasteiger partial charge in [0.15, 0.2) is 0 Å². The maximum Gasteiger partial charge on any atom is 0.121 e. The molecule has 1 atom stereocenters. The van der Waals surface area contributed by atoms with Gasteiger partial charge >= 0.3 is 0 Å². The van der Waals surface area contributed by atoms with Crippen LogP contribution in [0.3, 0.4) is 0 Å². The molecule has 0 aliphatic carbocycles. The molecule has 0 saturated heterocycles. The largest absolute Gasteiger partial charge is 0.548 e. The summed E-state index contributed by atoms with van der Waals surface area (Å²) in [4.78, 5) is 19.2. The maximum atomic E-state index is 9.69. The summed E-state index contributed by atoms with van der Waals surface area (Å²) in [5.74, 6) is -1.39. The van der Waals surface area contributed by atoms with Crippen molar-refractivity contribution in [3.8, 4) is 0 Å². The quantitative estimate of drug-likeness (QED) is 0.418. The van der Waals surface area contributed by atoms with Crippen LogP contribution in [0, 0.1) is 0 Å². The van der Waals surface area contributed by atoms with Crippen molar-refractivity contribution in [1.29, 1.82) is 0 Å². The highest BCUT2D eigenvalue weighted by molar-refractivity contribution is 5.74. The summed E-state index contributed by atoms with van der Waals surface area (Å²) in [5.41, 5.74) is 4.83. The van der Waals surface area contributed by atoms with E-state index in [2.05, 4.69) is 0 Å². The fourth-order valence-electron chi connectivity index (χ4n) is 0.200. The van der Waals surface area contributed by atoms with Gasteiger partial charge in [-0.05, 0) is 0 Å². The van der Waals surface area contributed by atoms with Crippen LogP contribution >= 0.6 is 0 Å². The zero-order valence-corrected chi connectivity index (χ0v) is 4.16. The number of rotatable bonds is 3. The Balaban J connectivity index is 3.46. The Morgan fingerprint density at radius 2 is 2.38 bits per heavy atom. The zero-order valence-electron chi connectivity index (χ0n) is 4.16. The molecule has 0 heterocycles. The van der Waals surface area contributed by atoms with Crippen LogP contribution in [-0.4, -0.2) is 18.3 Å². The highest BCUT2D eigenvalue weighted by Gasteiger charge is 1.98. The van der Waals surface area contributed by atoms with Gasteiger partial charge in [-0.2, -0.15) is 0 Å². The topological polar surface area (TPSA) is 83.2 Å². The lowest BCUT2D eigenvalue weighted by Gasteiger charge is -2.06. The minimum atomic E-state index is -1.39. The van der Waals surface area contributed by atoms with Gasteiger partial charge < -0.3 is 20.4 Å². The summed E-state index contributed by atoms with van der Waals surface area (Å²) in [6, 6.07) is -1.15. The highest BCUT2D eigenvalue weighted by atomic mass is 16.4. The zero-order chi connectivity index (χ0) is 6.57. The molecule has 0 radical (unpaired) electrons. The van der Waals surface area contributed by atoms with Gasteiger partial charge in [0.1, 0.15) is 6.29 Å². The predicted octanol–water partition coefficient (Wildman–Crippen LogP) is -2.35. The molecule has 0 aromatic rings. The summed E-state index contributed by atoms with van der Waals surface area (Å²) in [5, 5.41) is 9.69. The molecule has 0 unspecified atom stereocenters. The van der Waals surface area contributed by atoms with E-state index in [4.69, 9.17) is 5.73 Å². The summed E-state index contributed by atoms with van der Waals surface area (Å²) < 4.78 is 0. The van der Waals surface area contributed by atoms with Gasteiger partial charge in [0.05, 0.1) is 12.0 Å². The predicted molar refractivity (Wildman–Crippen MR) is 23.7 cm³/mol. The number of nitrogens with two attached hydrogens (primary N) is 1. The normalized spacial score (nSPS) is 12.6. The van der Waals surface area contributed by atoms with Crippen molar-refractivity contribution in [3.05, 3.63) is 0 Å². The maximum absolute atomic E-state index is 9.69. The van der Waals surface area contributed by atoms with Crippen LogP contribution in [0.1, 0.15) is 6.42 Å². The van der Waals surface area contributed by atoms with E-state index in [1.54, 1.807) is 0 Å². The molecule has 0 aromatic heterocycles. The molecule has 46 valence electrons. The third-order valence-electron chi connectivity index (χ3n) is 0.653. The molecule has 0 bridgehead atoms. The van der Waals surface area contributed by atoms with Crippen molar-refractivity contribution in [2.75, 3.05) is 0 Å². The lowest BCUT2D eigenvalue weighted by molar-refractivity contribution is -0.307. The molecule has 4 heteroatoms. The van der Waals surface area contributed by atoms with Crippen molar-refractivity contribution in [2.45, 2.75) is 12.5 Å². The van der Waals surface area contributed by atoms with Gasteiger partial charge in [0.2, 0.25) is 0 Å². The number of aldehydes is 1. The third kappa shape index (κ3) is 2.30. The standard InChI is InChI=1S/C4H7NO3/c5-3(1-2-6)4(7)8/h2-3H,1,5H2,(H,7,8)/p-1/t3-/m0/s1. The van der Waals surface area contributed by atoms with E-state index < -0.39 is 12.0 Å². The van der Waals surface area contributed by atoms with E-state index >= 15 is 0 Å². The Labute approximate surface area is 46.3 Å². The van der Waals surface area contributed by atoms with Crippen LogP contribution < -0.4 is 10.8 Å². The first-order chi connectivity index (χ1) is 3.68. The number of aliphatic carboxylic acids is 1. The molecule has 0 rings (SSSR count). The molecule has 8 heavy (non-hydrogen) atoms.